The Morgan fingerprint density at radius 3 is 2.56 bits per heavy atom. The Bertz CT molecular complexity index is 367. The van der Waals surface area contributed by atoms with Gasteiger partial charge in [0.1, 0.15) is 0 Å². The molecule has 1 rings (SSSR count). The van der Waals surface area contributed by atoms with Gasteiger partial charge in [-0.05, 0) is 18.6 Å². The first-order chi connectivity index (χ1) is 7.63. The number of carbonyl (C=O) groups excluding carboxylic acids is 1. The van der Waals surface area contributed by atoms with E-state index in [1.54, 1.807) is 12.1 Å². The van der Waals surface area contributed by atoms with Gasteiger partial charge in [-0.3, -0.25) is 0 Å². The van der Waals surface area contributed by atoms with Crippen molar-refractivity contribution in [2.24, 2.45) is 5.73 Å². The number of amides is 2. The highest BCUT2D eigenvalue weighted by molar-refractivity contribution is 7.80. The van der Waals surface area contributed by atoms with E-state index in [2.05, 4.69) is 10.6 Å². The van der Waals surface area contributed by atoms with Gasteiger partial charge in [-0.15, -0.1) is 0 Å². The topological polar surface area (TPSA) is 67.2 Å². The lowest BCUT2D eigenvalue weighted by atomic mass is 10.2. The van der Waals surface area contributed by atoms with Crippen molar-refractivity contribution in [2.75, 3.05) is 5.32 Å². The summed E-state index contributed by atoms with van der Waals surface area (Å²) in [5, 5.41) is 5.39. The van der Waals surface area contributed by atoms with Gasteiger partial charge in [-0.25, -0.2) is 4.79 Å². The van der Waals surface area contributed by atoms with Crippen molar-refractivity contribution >= 4 is 28.9 Å². The summed E-state index contributed by atoms with van der Waals surface area (Å²) in [5.74, 6) is 0. The predicted octanol–water partition coefficient (Wildman–Crippen LogP) is 1.87. The summed E-state index contributed by atoms with van der Waals surface area (Å²) in [4.78, 5) is 11.8. The Balaban J connectivity index is 2.50. The van der Waals surface area contributed by atoms with E-state index in [0.29, 0.717) is 11.4 Å². The van der Waals surface area contributed by atoms with Gasteiger partial charge in [-0.2, -0.15) is 0 Å². The molecule has 0 bridgehead atoms. The molecule has 0 radical (unpaired) electrons. The van der Waals surface area contributed by atoms with Crippen LogP contribution >= 0.6 is 12.2 Å². The van der Waals surface area contributed by atoms with Gasteiger partial charge in [0.25, 0.3) is 0 Å². The van der Waals surface area contributed by atoms with E-state index in [0.717, 1.165) is 5.69 Å². The van der Waals surface area contributed by atoms with Crippen LogP contribution in [0.2, 0.25) is 0 Å². The molecule has 0 saturated heterocycles. The van der Waals surface area contributed by atoms with E-state index in [-0.39, 0.29) is 12.1 Å². The molecule has 2 amide bonds. The van der Waals surface area contributed by atoms with Crippen molar-refractivity contribution in [3.05, 3.63) is 30.3 Å². The zero-order chi connectivity index (χ0) is 12.0. The van der Waals surface area contributed by atoms with Crippen LogP contribution in [0.4, 0.5) is 10.5 Å². The highest BCUT2D eigenvalue weighted by atomic mass is 32.1. The van der Waals surface area contributed by atoms with Gasteiger partial charge >= 0.3 is 6.03 Å². The molecule has 5 heteroatoms. The minimum Gasteiger partial charge on any atom is -0.392 e. The maximum atomic E-state index is 11.5. The van der Waals surface area contributed by atoms with Gasteiger partial charge < -0.3 is 16.4 Å². The number of carbonyl (C=O) groups is 1. The third-order valence-electron chi connectivity index (χ3n) is 2.09. The SMILES string of the molecule is CCC(NC(=O)Nc1ccccc1)C(N)=S. The van der Waals surface area contributed by atoms with Gasteiger partial charge in [0.2, 0.25) is 0 Å². The van der Waals surface area contributed by atoms with E-state index in [4.69, 9.17) is 18.0 Å². The van der Waals surface area contributed by atoms with Crippen molar-refractivity contribution in [1.29, 1.82) is 0 Å². The standard InChI is InChI=1S/C11H15N3OS/c1-2-9(10(12)16)14-11(15)13-8-6-4-3-5-7-8/h3-7,9H,2H2,1H3,(H2,12,16)(H2,13,14,15). The molecule has 0 spiro atoms. The van der Waals surface area contributed by atoms with Crippen LogP contribution in [-0.4, -0.2) is 17.1 Å². The maximum Gasteiger partial charge on any atom is 0.319 e. The number of urea groups is 1. The molecule has 4 nitrogen and oxygen atoms in total. The summed E-state index contributed by atoms with van der Waals surface area (Å²) in [7, 11) is 0. The number of hydrogen-bond acceptors (Lipinski definition) is 2. The zero-order valence-electron chi connectivity index (χ0n) is 9.07. The molecule has 0 fully saturated rings. The Hall–Kier alpha value is -1.62. The van der Waals surface area contributed by atoms with Crippen molar-refractivity contribution < 1.29 is 4.79 Å². The highest BCUT2D eigenvalue weighted by Gasteiger charge is 2.12. The van der Waals surface area contributed by atoms with Gasteiger partial charge in [0.15, 0.2) is 0 Å². The Morgan fingerprint density at radius 2 is 2.06 bits per heavy atom. The summed E-state index contributed by atoms with van der Waals surface area (Å²) >= 11 is 4.83. The first kappa shape index (κ1) is 12.4. The smallest absolute Gasteiger partial charge is 0.319 e. The number of rotatable bonds is 4. The lowest BCUT2D eigenvalue weighted by Gasteiger charge is -2.15. The second kappa shape index (κ2) is 6.07. The number of anilines is 1. The lowest BCUT2D eigenvalue weighted by molar-refractivity contribution is 0.250. The van der Waals surface area contributed by atoms with Crippen LogP contribution in [0.25, 0.3) is 0 Å². The average Bonchev–Trinajstić information content (AvgIpc) is 2.27. The number of nitrogens with one attached hydrogen (secondary N) is 2. The van der Waals surface area contributed by atoms with Crippen LogP contribution in [0.5, 0.6) is 0 Å². The second-order valence-corrected chi connectivity index (χ2v) is 3.80. The van der Waals surface area contributed by atoms with E-state index in [1.165, 1.54) is 0 Å². The third kappa shape index (κ3) is 3.86. The molecule has 1 unspecified atom stereocenters. The summed E-state index contributed by atoms with van der Waals surface area (Å²) in [5.41, 5.74) is 6.21. The molecule has 0 aromatic heterocycles. The number of para-hydroxylation sites is 1. The molecule has 1 aromatic carbocycles. The van der Waals surface area contributed by atoms with E-state index >= 15 is 0 Å². The van der Waals surface area contributed by atoms with Crippen molar-refractivity contribution in [2.45, 2.75) is 19.4 Å². The molecule has 4 N–H and O–H groups in total. The molecule has 16 heavy (non-hydrogen) atoms. The van der Waals surface area contributed by atoms with Crippen LogP contribution < -0.4 is 16.4 Å². The average molecular weight is 237 g/mol. The van der Waals surface area contributed by atoms with Gasteiger partial charge in [0.05, 0.1) is 11.0 Å². The molecule has 0 saturated carbocycles. The van der Waals surface area contributed by atoms with Crippen molar-refractivity contribution in [1.82, 2.24) is 5.32 Å². The Kier molecular flexibility index (Phi) is 4.72. The first-order valence-electron chi connectivity index (χ1n) is 5.05. The van der Waals surface area contributed by atoms with Crippen LogP contribution in [0.15, 0.2) is 30.3 Å². The maximum absolute atomic E-state index is 11.5. The number of hydrogen-bond donors (Lipinski definition) is 3. The Morgan fingerprint density at radius 1 is 1.44 bits per heavy atom. The fourth-order valence-electron chi connectivity index (χ4n) is 1.22. The normalized spacial score (nSPS) is 11.6. The van der Waals surface area contributed by atoms with E-state index < -0.39 is 0 Å². The van der Waals surface area contributed by atoms with Crippen LogP contribution in [0, 0.1) is 0 Å². The number of nitrogens with two attached hydrogens (primary N) is 1. The van der Waals surface area contributed by atoms with Crippen molar-refractivity contribution in [3.63, 3.8) is 0 Å². The zero-order valence-corrected chi connectivity index (χ0v) is 9.88. The fourth-order valence-corrected chi connectivity index (χ4v) is 1.45. The van der Waals surface area contributed by atoms with Gasteiger partial charge in [-0.1, -0.05) is 37.3 Å². The third-order valence-corrected chi connectivity index (χ3v) is 2.37. The minimum atomic E-state index is -0.300. The summed E-state index contributed by atoms with van der Waals surface area (Å²) in [6, 6.07) is 8.63. The minimum absolute atomic E-state index is 0.265. The molecular formula is C11H15N3OS. The fraction of sp³-hybridized carbons (Fsp3) is 0.273. The molecule has 1 atom stereocenters. The largest absolute Gasteiger partial charge is 0.392 e. The van der Waals surface area contributed by atoms with Crippen LogP contribution in [0.3, 0.4) is 0 Å². The summed E-state index contributed by atoms with van der Waals surface area (Å²) < 4.78 is 0. The molecule has 0 aliphatic carbocycles. The van der Waals surface area contributed by atoms with E-state index in [1.807, 2.05) is 25.1 Å². The predicted molar refractivity (Wildman–Crippen MR) is 69.5 cm³/mol. The summed E-state index contributed by atoms with van der Waals surface area (Å²) in [6.45, 7) is 1.91. The number of thiocarbonyl (C=S) groups is 1. The Labute approximate surface area is 100 Å². The van der Waals surface area contributed by atoms with E-state index in [9.17, 15) is 4.79 Å². The van der Waals surface area contributed by atoms with Crippen LogP contribution in [0.1, 0.15) is 13.3 Å². The second-order valence-electron chi connectivity index (χ2n) is 3.33. The first-order valence-corrected chi connectivity index (χ1v) is 5.46. The number of benzene rings is 1. The highest BCUT2D eigenvalue weighted by Crippen LogP contribution is 2.04. The molecule has 86 valence electrons. The summed E-state index contributed by atoms with van der Waals surface area (Å²) in [6.07, 6.45) is 0.678. The van der Waals surface area contributed by atoms with Crippen LogP contribution in [-0.2, 0) is 0 Å². The van der Waals surface area contributed by atoms with Crippen molar-refractivity contribution in [3.8, 4) is 0 Å². The van der Waals surface area contributed by atoms with Gasteiger partial charge in [0, 0.05) is 5.69 Å². The monoisotopic (exact) mass is 237 g/mol. The molecular weight excluding hydrogens is 222 g/mol. The molecule has 0 aliphatic rings. The molecule has 0 heterocycles. The quantitative estimate of drug-likeness (QED) is 0.700. The lowest BCUT2D eigenvalue weighted by Crippen LogP contribution is -2.44. The molecule has 0 aliphatic heterocycles. The molecule has 1 aromatic rings.